The van der Waals surface area contributed by atoms with Crippen LogP contribution in [0.15, 0.2) is 70.8 Å². The lowest BCUT2D eigenvalue weighted by Crippen LogP contribution is -2.15. The van der Waals surface area contributed by atoms with Gasteiger partial charge in [0.1, 0.15) is 16.4 Å². The molecule has 29 heavy (non-hydrogen) atoms. The van der Waals surface area contributed by atoms with Crippen LogP contribution in [-0.4, -0.2) is 35.8 Å². The molecule has 3 aromatic rings. The summed E-state index contributed by atoms with van der Waals surface area (Å²) in [7, 11) is 1.38. The second-order valence-corrected chi connectivity index (χ2v) is 7.90. The maximum Gasteiger partial charge on any atom is 0.344 e. The fourth-order valence-corrected chi connectivity index (χ4v) is 4.12. The molecule has 5 nitrogen and oxygen atoms in total. The molecular weight excluding hydrogens is 402 g/mol. The molecule has 150 valence electrons. The fraction of sp³-hybridized carbons (Fsp3) is 0.227. The van der Waals surface area contributed by atoms with Gasteiger partial charge in [-0.15, -0.1) is 11.8 Å². The number of hydrogen-bond donors (Lipinski definition) is 1. The van der Waals surface area contributed by atoms with Gasteiger partial charge in [0.25, 0.3) is 0 Å². The summed E-state index contributed by atoms with van der Waals surface area (Å²) in [5, 5.41) is 4.56. The summed E-state index contributed by atoms with van der Waals surface area (Å²) in [6.45, 7) is 0.654. The highest BCUT2D eigenvalue weighted by molar-refractivity contribution is 7.99. The molecule has 0 unspecified atom stereocenters. The van der Waals surface area contributed by atoms with E-state index in [0.29, 0.717) is 33.9 Å². The molecule has 0 aliphatic heterocycles. The Hall–Kier alpha value is -2.51. The Balaban J connectivity index is 1.83. The lowest BCUT2D eigenvalue weighted by atomic mass is 10.1. The van der Waals surface area contributed by atoms with E-state index in [1.807, 2.05) is 42.7 Å². The predicted octanol–water partition coefficient (Wildman–Crippen LogP) is 4.93. The van der Waals surface area contributed by atoms with Crippen molar-refractivity contribution in [3.63, 3.8) is 0 Å². The zero-order valence-corrected chi connectivity index (χ0v) is 18.1. The molecule has 1 aromatic heterocycles. The Morgan fingerprint density at radius 3 is 2.28 bits per heavy atom. The molecule has 0 fully saturated rings. The number of carbonyl (C=O) groups excluding carboxylic acids is 1. The van der Waals surface area contributed by atoms with E-state index in [2.05, 4.69) is 39.6 Å². The molecule has 1 heterocycles. The average Bonchev–Trinajstić information content (AvgIpc) is 2.78. The van der Waals surface area contributed by atoms with E-state index in [4.69, 9.17) is 4.74 Å². The molecule has 0 radical (unpaired) electrons. The van der Waals surface area contributed by atoms with Crippen LogP contribution < -0.4 is 5.32 Å². The van der Waals surface area contributed by atoms with Gasteiger partial charge >= 0.3 is 5.97 Å². The van der Waals surface area contributed by atoms with Crippen molar-refractivity contribution in [1.82, 2.24) is 9.97 Å². The maximum absolute atomic E-state index is 12.5. The lowest BCUT2D eigenvalue weighted by Gasteiger charge is -2.14. The number of rotatable bonds is 9. The first kappa shape index (κ1) is 21.2. The van der Waals surface area contributed by atoms with E-state index in [1.165, 1.54) is 36.2 Å². The molecule has 0 aliphatic carbocycles. The van der Waals surface area contributed by atoms with Crippen molar-refractivity contribution in [2.75, 3.05) is 25.2 Å². The summed E-state index contributed by atoms with van der Waals surface area (Å²) < 4.78 is 5.03. The first-order chi connectivity index (χ1) is 14.2. The molecule has 0 saturated heterocycles. The number of thioether (sulfide) groups is 2. The highest BCUT2D eigenvalue weighted by Gasteiger charge is 2.22. The van der Waals surface area contributed by atoms with Crippen LogP contribution in [0.25, 0.3) is 0 Å². The number of aromatic nitrogens is 2. The predicted molar refractivity (Wildman–Crippen MR) is 120 cm³/mol. The van der Waals surface area contributed by atoms with Gasteiger partial charge in [0, 0.05) is 12.3 Å². The Kier molecular flexibility index (Phi) is 7.95. The van der Waals surface area contributed by atoms with E-state index in [1.54, 1.807) is 0 Å². The van der Waals surface area contributed by atoms with E-state index < -0.39 is 5.97 Å². The topological polar surface area (TPSA) is 64.1 Å². The standard InChI is InChI=1S/C22H23N3O2S2/c1-27-21(26)18-19(23-14-13-16-9-5-3-6-10-16)24-22(28-2)25-20(18)29-15-17-11-7-4-8-12-17/h3-12H,13-15H2,1-2H3,(H,23,24,25). The summed E-state index contributed by atoms with van der Waals surface area (Å²) in [5.74, 6) is 0.789. The van der Waals surface area contributed by atoms with Crippen LogP contribution in [0.2, 0.25) is 0 Å². The normalized spacial score (nSPS) is 10.6. The molecule has 0 amide bonds. The average molecular weight is 426 g/mol. The minimum atomic E-state index is -0.435. The number of esters is 1. The largest absolute Gasteiger partial charge is 0.465 e. The van der Waals surface area contributed by atoms with E-state index in [0.717, 1.165) is 12.0 Å². The Bertz CT molecular complexity index is 938. The Labute approximate surface area is 179 Å². The van der Waals surface area contributed by atoms with E-state index in [9.17, 15) is 4.79 Å². The summed E-state index contributed by atoms with van der Waals surface area (Å²) in [4.78, 5) is 21.6. The second-order valence-electron chi connectivity index (χ2n) is 6.17. The Morgan fingerprint density at radius 2 is 1.66 bits per heavy atom. The van der Waals surface area contributed by atoms with Crippen LogP contribution in [-0.2, 0) is 16.9 Å². The van der Waals surface area contributed by atoms with Crippen molar-refractivity contribution in [3.05, 3.63) is 77.4 Å². The number of hydrogen-bond acceptors (Lipinski definition) is 7. The molecule has 0 bridgehead atoms. The van der Waals surface area contributed by atoms with E-state index >= 15 is 0 Å². The molecule has 0 atom stereocenters. The summed E-state index contributed by atoms with van der Waals surface area (Å²) in [6.07, 6.45) is 2.75. The summed E-state index contributed by atoms with van der Waals surface area (Å²) in [6, 6.07) is 20.3. The van der Waals surface area contributed by atoms with Crippen LogP contribution >= 0.6 is 23.5 Å². The summed E-state index contributed by atoms with van der Waals surface area (Å²) >= 11 is 2.96. The molecule has 0 spiro atoms. The van der Waals surface area contributed by atoms with Crippen molar-refractivity contribution in [2.45, 2.75) is 22.4 Å². The number of carbonyl (C=O) groups is 1. The van der Waals surface area contributed by atoms with Gasteiger partial charge in [-0.1, -0.05) is 72.4 Å². The molecule has 0 saturated carbocycles. The minimum Gasteiger partial charge on any atom is -0.465 e. The van der Waals surface area contributed by atoms with Crippen LogP contribution in [0.3, 0.4) is 0 Å². The monoisotopic (exact) mass is 425 g/mol. The number of nitrogens with zero attached hydrogens (tertiary/aromatic N) is 2. The van der Waals surface area contributed by atoms with Crippen LogP contribution in [0.4, 0.5) is 5.82 Å². The molecule has 7 heteroatoms. The lowest BCUT2D eigenvalue weighted by molar-refractivity contribution is 0.0596. The van der Waals surface area contributed by atoms with Gasteiger partial charge in [0.05, 0.1) is 7.11 Å². The third-order valence-corrected chi connectivity index (χ3v) is 5.79. The van der Waals surface area contributed by atoms with Gasteiger partial charge in [0.15, 0.2) is 5.16 Å². The van der Waals surface area contributed by atoms with Crippen LogP contribution in [0.5, 0.6) is 0 Å². The molecule has 0 aliphatic rings. The highest BCUT2D eigenvalue weighted by atomic mass is 32.2. The van der Waals surface area contributed by atoms with Gasteiger partial charge in [0.2, 0.25) is 0 Å². The van der Waals surface area contributed by atoms with Crippen molar-refractivity contribution in [3.8, 4) is 0 Å². The molecule has 3 rings (SSSR count). The fourth-order valence-electron chi connectivity index (χ4n) is 2.73. The second kappa shape index (κ2) is 10.9. The van der Waals surface area contributed by atoms with Crippen LogP contribution in [0, 0.1) is 0 Å². The van der Waals surface area contributed by atoms with Gasteiger partial charge in [-0.2, -0.15) is 0 Å². The SMILES string of the molecule is COC(=O)c1c(NCCc2ccccc2)nc(SC)nc1SCc1ccccc1. The Morgan fingerprint density at radius 1 is 1.00 bits per heavy atom. The smallest absolute Gasteiger partial charge is 0.344 e. The van der Waals surface area contributed by atoms with Gasteiger partial charge < -0.3 is 10.1 Å². The molecule has 1 N–H and O–H groups in total. The summed E-state index contributed by atoms with van der Waals surface area (Å²) in [5.41, 5.74) is 2.77. The number of benzene rings is 2. The van der Waals surface area contributed by atoms with E-state index in [-0.39, 0.29) is 0 Å². The van der Waals surface area contributed by atoms with Gasteiger partial charge in [-0.25, -0.2) is 14.8 Å². The zero-order chi connectivity index (χ0) is 20.5. The number of nitrogens with one attached hydrogen (secondary N) is 1. The van der Waals surface area contributed by atoms with Crippen LogP contribution in [0.1, 0.15) is 21.5 Å². The minimum absolute atomic E-state index is 0.388. The third-order valence-electron chi connectivity index (χ3n) is 4.19. The number of anilines is 1. The third kappa shape index (κ3) is 5.98. The first-order valence-corrected chi connectivity index (χ1v) is 11.4. The van der Waals surface area contributed by atoms with Crippen molar-refractivity contribution >= 4 is 35.3 Å². The molecular formula is C22H23N3O2S2. The number of methoxy groups -OCH3 is 1. The number of ether oxygens (including phenoxy) is 1. The highest BCUT2D eigenvalue weighted by Crippen LogP contribution is 2.31. The zero-order valence-electron chi connectivity index (χ0n) is 16.4. The quantitative estimate of drug-likeness (QED) is 0.226. The molecule has 2 aromatic carbocycles. The van der Waals surface area contributed by atoms with Gasteiger partial charge in [-0.3, -0.25) is 0 Å². The van der Waals surface area contributed by atoms with Crippen molar-refractivity contribution in [1.29, 1.82) is 0 Å². The first-order valence-electron chi connectivity index (χ1n) is 9.20. The maximum atomic E-state index is 12.5. The van der Waals surface area contributed by atoms with Crippen molar-refractivity contribution < 1.29 is 9.53 Å². The van der Waals surface area contributed by atoms with Gasteiger partial charge in [-0.05, 0) is 23.8 Å². The van der Waals surface area contributed by atoms with Crippen molar-refractivity contribution in [2.24, 2.45) is 0 Å².